The van der Waals surface area contributed by atoms with Gasteiger partial charge < -0.3 is 10.1 Å². The zero-order valence-corrected chi connectivity index (χ0v) is 15.0. The zero-order valence-electron chi connectivity index (χ0n) is 15.0. The van der Waals surface area contributed by atoms with Crippen molar-refractivity contribution >= 4 is 23.4 Å². The van der Waals surface area contributed by atoms with Crippen LogP contribution in [0, 0.1) is 6.92 Å². The highest BCUT2D eigenvalue weighted by molar-refractivity contribution is 6.34. The van der Waals surface area contributed by atoms with Crippen molar-refractivity contribution in [1.29, 1.82) is 0 Å². The maximum absolute atomic E-state index is 12.8. The van der Waals surface area contributed by atoms with Crippen molar-refractivity contribution in [3.63, 3.8) is 0 Å². The van der Waals surface area contributed by atoms with Gasteiger partial charge in [-0.05, 0) is 50.1 Å². The van der Waals surface area contributed by atoms with Gasteiger partial charge in [0.1, 0.15) is 0 Å². The summed E-state index contributed by atoms with van der Waals surface area (Å²) in [5.74, 6) is -1.06. The Bertz CT molecular complexity index is 914. The number of fused-ring (bicyclic) bond motifs is 1. The molecule has 1 saturated heterocycles. The SMILES string of the molecule is Cc1ccc(N2C(=O)c3ccc(C(=O)NC[C@H]4CCCO4)cc3C2=O)cc1. The molecule has 0 saturated carbocycles. The molecule has 2 aliphatic rings. The van der Waals surface area contributed by atoms with E-state index in [1.54, 1.807) is 24.3 Å². The van der Waals surface area contributed by atoms with Crippen LogP contribution >= 0.6 is 0 Å². The van der Waals surface area contributed by atoms with E-state index >= 15 is 0 Å². The summed E-state index contributed by atoms with van der Waals surface area (Å²) < 4.78 is 5.50. The lowest BCUT2D eigenvalue weighted by Crippen LogP contribution is -2.31. The van der Waals surface area contributed by atoms with Crippen molar-refractivity contribution in [3.8, 4) is 0 Å². The Morgan fingerprint density at radius 3 is 2.56 bits per heavy atom. The summed E-state index contributed by atoms with van der Waals surface area (Å²) in [6.07, 6.45) is 1.98. The van der Waals surface area contributed by atoms with Crippen molar-refractivity contribution in [2.75, 3.05) is 18.1 Å². The molecule has 3 amide bonds. The largest absolute Gasteiger partial charge is 0.376 e. The van der Waals surface area contributed by atoms with Crippen LogP contribution in [0.15, 0.2) is 42.5 Å². The lowest BCUT2D eigenvalue weighted by Gasteiger charge is -2.13. The fraction of sp³-hybridized carbons (Fsp3) is 0.286. The van der Waals surface area contributed by atoms with Crippen LogP contribution < -0.4 is 10.2 Å². The average Bonchev–Trinajstić information content (AvgIpc) is 3.28. The predicted molar refractivity (Wildman–Crippen MR) is 100 cm³/mol. The normalized spacial score (nSPS) is 18.7. The van der Waals surface area contributed by atoms with E-state index in [0.717, 1.165) is 29.9 Å². The van der Waals surface area contributed by atoms with Gasteiger partial charge in [0.2, 0.25) is 0 Å². The molecule has 2 heterocycles. The van der Waals surface area contributed by atoms with Gasteiger partial charge in [0.05, 0.1) is 22.9 Å². The second kappa shape index (κ2) is 6.96. The first-order chi connectivity index (χ1) is 13.0. The lowest BCUT2D eigenvalue weighted by molar-refractivity contribution is 0.0857. The van der Waals surface area contributed by atoms with Crippen LogP contribution in [0.25, 0.3) is 0 Å². The number of benzene rings is 2. The summed E-state index contributed by atoms with van der Waals surface area (Å²) in [6.45, 7) is 3.11. The van der Waals surface area contributed by atoms with E-state index in [2.05, 4.69) is 5.32 Å². The van der Waals surface area contributed by atoms with Gasteiger partial charge in [0, 0.05) is 18.7 Å². The van der Waals surface area contributed by atoms with E-state index in [1.165, 1.54) is 6.07 Å². The topological polar surface area (TPSA) is 75.7 Å². The summed E-state index contributed by atoms with van der Waals surface area (Å²) in [5.41, 5.74) is 2.50. The third-order valence-corrected chi connectivity index (χ3v) is 4.96. The number of nitrogens with one attached hydrogen (secondary N) is 1. The maximum atomic E-state index is 12.8. The van der Waals surface area contributed by atoms with Crippen LogP contribution in [0.5, 0.6) is 0 Å². The third kappa shape index (κ3) is 3.24. The quantitative estimate of drug-likeness (QED) is 0.847. The smallest absolute Gasteiger partial charge is 0.266 e. The minimum atomic E-state index is -0.410. The zero-order chi connectivity index (χ0) is 19.0. The first-order valence-electron chi connectivity index (χ1n) is 9.04. The minimum absolute atomic E-state index is 0.0450. The Balaban J connectivity index is 1.54. The fourth-order valence-corrected chi connectivity index (χ4v) is 3.42. The van der Waals surface area contributed by atoms with Gasteiger partial charge in [0.25, 0.3) is 17.7 Å². The lowest BCUT2D eigenvalue weighted by atomic mass is 10.1. The van der Waals surface area contributed by atoms with Crippen LogP contribution in [0.1, 0.15) is 49.5 Å². The highest BCUT2D eigenvalue weighted by atomic mass is 16.5. The molecule has 4 rings (SSSR count). The Morgan fingerprint density at radius 2 is 1.85 bits per heavy atom. The van der Waals surface area contributed by atoms with Crippen LogP contribution in [0.4, 0.5) is 5.69 Å². The number of carbonyl (C=O) groups excluding carboxylic acids is 3. The molecule has 0 unspecified atom stereocenters. The molecule has 2 aliphatic heterocycles. The average molecular weight is 364 g/mol. The van der Waals surface area contributed by atoms with Crippen molar-refractivity contribution < 1.29 is 19.1 Å². The standard InChI is InChI=1S/C21H20N2O4/c1-13-4-7-15(8-5-13)23-20(25)17-9-6-14(11-18(17)21(23)26)19(24)22-12-16-3-2-10-27-16/h4-9,11,16H,2-3,10,12H2,1H3,(H,22,24)/t16-/m1/s1. The summed E-state index contributed by atoms with van der Waals surface area (Å²) in [7, 11) is 0. The highest BCUT2D eigenvalue weighted by Crippen LogP contribution is 2.29. The fourth-order valence-electron chi connectivity index (χ4n) is 3.42. The molecule has 0 aromatic heterocycles. The highest BCUT2D eigenvalue weighted by Gasteiger charge is 2.37. The van der Waals surface area contributed by atoms with E-state index in [4.69, 9.17) is 4.74 Å². The van der Waals surface area contributed by atoms with Crippen molar-refractivity contribution in [2.45, 2.75) is 25.9 Å². The number of carbonyl (C=O) groups is 3. The van der Waals surface area contributed by atoms with Gasteiger partial charge in [-0.15, -0.1) is 0 Å². The number of imide groups is 1. The predicted octanol–water partition coefficient (Wildman–Crippen LogP) is 2.70. The minimum Gasteiger partial charge on any atom is -0.376 e. The van der Waals surface area contributed by atoms with E-state index < -0.39 is 5.91 Å². The summed E-state index contributed by atoms with van der Waals surface area (Å²) >= 11 is 0. The first-order valence-corrected chi connectivity index (χ1v) is 9.04. The molecule has 6 nitrogen and oxygen atoms in total. The molecule has 6 heteroatoms. The number of aryl methyl sites for hydroxylation is 1. The summed E-state index contributed by atoms with van der Waals surface area (Å²) in [6, 6.07) is 11.8. The Kier molecular flexibility index (Phi) is 4.49. The number of hydrogen-bond acceptors (Lipinski definition) is 4. The van der Waals surface area contributed by atoms with E-state index in [9.17, 15) is 14.4 Å². The molecule has 1 atom stereocenters. The molecule has 0 aliphatic carbocycles. The molecular formula is C21H20N2O4. The number of rotatable bonds is 4. The Morgan fingerprint density at radius 1 is 1.11 bits per heavy atom. The van der Waals surface area contributed by atoms with Gasteiger partial charge in [-0.2, -0.15) is 0 Å². The van der Waals surface area contributed by atoms with E-state index in [0.29, 0.717) is 23.4 Å². The molecule has 27 heavy (non-hydrogen) atoms. The molecule has 0 spiro atoms. The van der Waals surface area contributed by atoms with Crippen LogP contribution in [0.2, 0.25) is 0 Å². The Labute approximate surface area is 157 Å². The van der Waals surface area contributed by atoms with E-state index in [1.807, 2.05) is 19.1 Å². The van der Waals surface area contributed by atoms with Crippen LogP contribution in [-0.2, 0) is 4.74 Å². The molecule has 2 aromatic rings. The summed E-state index contributed by atoms with van der Waals surface area (Å²) in [5, 5.41) is 2.83. The van der Waals surface area contributed by atoms with Crippen molar-refractivity contribution in [1.82, 2.24) is 5.32 Å². The second-order valence-electron chi connectivity index (χ2n) is 6.89. The maximum Gasteiger partial charge on any atom is 0.266 e. The van der Waals surface area contributed by atoms with Crippen molar-refractivity contribution in [2.24, 2.45) is 0 Å². The monoisotopic (exact) mass is 364 g/mol. The van der Waals surface area contributed by atoms with Crippen molar-refractivity contribution in [3.05, 3.63) is 64.7 Å². The number of ether oxygens (including phenoxy) is 1. The summed E-state index contributed by atoms with van der Waals surface area (Å²) in [4.78, 5) is 39.0. The molecule has 0 bridgehead atoms. The Hall–Kier alpha value is -2.99. The van der Waals surface area contributed by atoms with Gasteiger partial charge in [-0.25, -0.2) is 4.90 Å². The molecule has 0 radical (unpaired) electrons. The number of nitrogens with zero attached hydrogens (tertiary/aromatic N) is 1. The van der Waals surface area contributed by atoms with Gasteiger partial charge in [-0.3, -0.25) is 14.4 Å². The molecule has 1 N–H and O–H groups in total. The molecular weight excluding hydrogens is 344 g/mol. The second-order valence-corrected chi connectivity index (χ2v) is 6.89. The number of anilines is 1. The molecule has 138 valence electrons. The van der Waals surface area contributed by atoms with Gasteiger partial charge in [-0.1, -0.05) is 17.7 Å². The van der Waals surface area contributed by atoms with Gasteiger partial charge >= 0.3 is 0 Å². The number of hydrogen-bond donors (Lipinski definition) is 1. The third-order valence-electron chi connectivity index (χ3n) is 4.96. The van der Waals surface area contributed by atoms with Crippen LogP contribution in [-0.4, -0.2) is 37.0 Å². The number of amides is 3. The molecule has 1 fully saturated rings. The molecule has 2 aromatic carbocycles. The van der Waals surface area contributed by atoms with E-state index in [-0.39, 0.29) is 23.5 Å². The van der Waals surface area contributed by atoms with Gasteiger partial charge in [0.15, 0.2) is 0 Å². The first kappa shape index (κ1) is 17.4. The van der Waals surface area contributed by atoms with Crippen LogP contribution in [0.3, 0.4) is 0 Å².